The van der Waals surface area contributed by atoms with Gasteiger partial charge < -0.3 is 19.9 Å². The van der Waals surface area contributed by atoms with Gasteiger partial charge in [-0.1, -0.05) is 0 Å². The number of carbonyl (C=O) groups excluding carboxylic acids is 3. The van der Waals surface area contributed by atoms with E-state index in [-0.39, 0.29) is 30.9 Å². The van der Waals surface area contributed by atoms with Crippen molar-refractivity contribution in [2.75, 3.05) is 32.8 Å². The van der Waals surface area contributed by atoms with E-state index in [1.165, 1.54) is 12.8 Å². The van der Waals surface area contributed by atoms with Crippen molar-refractivity contribution in [1.29, 1.82) is 0 Å². The molecule has 1 N–H and O–H groups in total. The lowest BCUT2D eigenvalue weighted by Crippen LogP contribution is -2.46. The first-order valence-electron chi connectivity index (χ1n) is 10.2. The van der Waals surface area contributed by atoms with Gasteiger partial charge in [0.2, 0.25) is 5.91 Å². The van der Waals surface area contributed by atoms with Crippen molar-refractivity contribution in [3.8, 4) is 0 Å². The second-order valence-corrected chi connectivity index (χ2v) is 7.79. The molecule has 3 atom stereocenters. The molecule has 3 heterocycles. The zero-order chi connectivity index (χ0) is 19.4. The van der Waals surface area contributed by atoms with E-state index in [4.69, 9.17) is 4.74 Å². The third-order valence-electron chi connectivity index (χ3n) is 6.05. The summed E-state index contributed by atoms with van der Waals surface area (Å²) in [6, 6.07) is -0.151. The van der Waals surface area contributed by atoms with Gasteiger partial charge >= 0.3 is 5.97 Å². The highest BCUT2D eigenvalue weighted by atomic mass is 16.5. The summed E-state index contributed by atoms with van der Waals surface area (Å²) in [7, 11) is 0. The molecule has 0 aliphatic carbocycles. The molecule has 0 aromatic rings. The Balaban J connectivity index is 1.64. The maximum Gasteiger partial charge on any atom is 0.315 e. The molecule has 0 radical (unpaired) electrons. The number of carbonyl (C=O) groups is 3. The molecule has 0 aromatic heterocycles. The molecule has 150 valence electrons. The van der Waals surface area contributed by atoms with Crippen molar-refractivity contribution in [1.82, 2.24) is 15.1 Å². The van der Waals surface area contributed by atoms with Crippen molar-refractivity contribution >= 4 is 18.2 Å². The first kappa shape index (κ1) is 19.9. The van der Waals surface area contributed by atoms with Gasteiger partial charge in [-0.25, -0.2) is 0 Å². The van der Waals surface area contributed by atoms with Crippen LogP contribution in [0.15, 0.2) is 11.3 Å². The van der Waals surface area contributed by atoms with Gasteiger partial charge in [0.25, 0.3) is 0 Å². The number of rotatable bonds is 7. The van der Waals surface area contributed by atoms with E-state index in [1.54, 1.807) is 13.8 Å². The summed E-state index contributed by atoms with van der Waals surface area (Å²) in [5, 5.41) is 3.07. The van der Waals surface area contributed by atoms with Gasteiger partial charge in [-0.2, -0.15) is 0 Å². The molecular formula is C20H31N3O4. The SMILES string of the molecule is CCOC(=O)C1C(C)=C(C=O)NC1CC(=O)N1CCC[C@H]1CN1CCCC1. The van der Waals surface area contributed by atoms with Crippen LogP contribution in [0.25, 0.3) is 0 Å². The van der Waals surface area contributed by atoms with Gasteiger partial charge in [0, 0.05) is 25.6 Å². The third kappa shape index (κ3) is 4.34. The summed E-state index contributed by atoms with van der Waals surface area (Å²) >= 11 is 0. The van der Waals surface area contributed by atoms with E-state index in [0.29, 0.717) is 11.3 Å². The van der Waals surface area contributed by atoms with Crippen LogP contribution in [0.4, 0.5) is 0 Å². The molecule has 7 nitrogen and oxygen atoms in total. The monoisotopic (exact) mass is 377 g/mol. The Labute approximate surface area is 161 Å². The highest BCUT2D eigenvalue weighted by molar-refractivity contribution is 5.86. The molecule has 2 fully saturated rings. The molecule has 7 heteroatoms. The zero-order valence-corrected chi connectivity index (χ0v) is 16.4. The lowest BCUT2D eigenvalue weighted by atomic mass is 9.93. The van der Waals surface area contributed by atoms with Gasteiger partial charge in [-0.3, -0.25) is 14.4 Å². The first-order chi connectivity index (χ1) is 13.0. The van der Waals surface area contributed by atoms with Crippen LogP contribution in [-0.2, 0) is 19.1 Å². The molecule has 0 spiro atoms. The van der Waals surface area contributed by atoms with Crippen molar-refractivity contribution in [2.24, 2.45) is 5.92 Å². The number of ether oxygens (including phenoxy) is 1. The van der Waals surface area contributed by atoms with Gasteiger partial charge in [-0.15, -0.1) is 0 Å². The standard InChI is InChI=1S/C20H31N3O4/c1-3-27-20(26)19-14(2)17(13-24)21-16(19)11-18(25)23-10-6-7-15(23)12-22-8-4-5-9-22/h13,15-16,19,21H,3-12H2,1-2H3/t15-,16?,19?/m0/s1. The summed E-state index contributed by atoms with van der Waals surface area (Å²) in [6.07, 6.45) is 5.48. The quantitative estimate of drug-likeness (QED) is 0.529. The van der Waals surface area contributed by atoms with Crippen molar-refractivity contribution in [3.05, 3.63) is 11.3 Å². The Hall–Kier alpha value is -1.89. The van der Waals surface area contributed by atoms with E-state index < -0.39 is 12.0 Å². The largest absolute Gasteiger partial charge is 0.465 e. The fraction of sp³-hybridized carbons (Fsp3) is 0.750. The van der Waals surface area contributed by atoms with Crippen molar-refractivity contribution in [2.45, 2.75) is 58.0 Å². The van der Waals surface area contributed by atoms with Crippen LogP contribution in [0.3, 0.4) is 0 Å². The Bertz CT molecular complexity index is 612. The summed E-state index contributed by atoms with van der Waals surface area (Å²) in [5.74, 6) is -0.885. The predicted molar refractivity (Wildman–Crippen MR) is 101 cm³/mol. The van der Waals surface area contributed by atoms with Crippen LogP contribution in [0.2, 0.25) is 0 Å². The van der Waals surface area contributed by atoms with Gasteiger partial charge in [-0.05, 0) is 58.2 Å². The molecule has 3 aliphatic rings. The number of amides is 1. The minimum atomic E-state index is -0.575. The molecule has 2 saturated heterocycles. The highest BCUT2D eigenvalue weighted by Gasteiger charge is 2.41. The predicted octanol–water partition coefficient (Wildman–Crippen LogP) is 1.09. The molecule has 0 aromatic carbocycles. The van der Waals surface area contributed by atoms with Gasteiger partial charge in [0.1, 0.15) is 5.92 Å². The second-order valence-electron chi connectivity index (χ2n) is 7.79. The Morgan fingerprint density at radius 1 is 1.22 bits per heavy atom. The van der Waals surface area contributed by atoms with Crippen molar-refractivity contribution < 1.29 is 19.1 Å². The van der Waals surface area contributed by atoms with Crippen LogP contribution < -0.4 is 5.32 Å². The molecule has 1 amide bonds. The maximum atomic E-state index is 13.0. The average Bonchev–Trinajstić information content (AvgIpc) is 3.36. The van der Waals surface area contributed by atoms with E-state index in [9.17, 15) is 14.4 Å². The number of allylic oxidation sites excluding steroid dienone is 1. The summed E-state index contributed by atoms with van der Waals surface area (Å²) < 4.78 is 5.18. The molecule has 3 rings (SSSR count). The molecule has 3 aliphatic heterocycles. The molecular weight excluding hydrogens is 346 g/mol. The maximum absolute atomic E-state index is 13.0. The molecule has 0 saturated carbocycles. The number of aldehydes is 1. The first-order valence-corrected chi connectivity index (χ1v) is 10.2. The topological polar surface area (TPSA) is 78.9 Å². The normalized spacial score (nSPS) is 28.5. The highest BCUT2D eigenvalue weighted by Crippen LogP contribution is 2.30. The third-order valence-corrected chi connectivity index (χ3v) is 6.05. The van der Waals surface area contributed by atoms with Crippen LogP contribution in [0.1, 0.15) is 46.0 Å². The fourth-order valence-electron chi connectivity index (χ4n) is 4.66. The van der Waals surface area contributed by atoms with Crippen LogP contribution in [0.5, 0.6) is 0 Å². The van der Waals surface area contributed by atoms with Gasteiger partial charge in [0.05, 0.1) is 18.3 Å². The number of nitrogens with one attached hydrogen (secondary N) is 1. The zero-order valence-electron chi connectivity index (χ0n) is 16.4. The Morgan fingerprint density at radius 2 is 1.96 bits per heavy atom. The Morgan fingerprint density at radius 3 is 2.63 bits per heavy atom. The summed E-state index contributed by atoms with van der Waals surface area (Å²) in [6.45, 7) is 7.77. The van der Waals surface area contributed by atoms with Crippen LogP contribution in [-0.4, -0.2) is 72.8 Å². The van der Waals surface area contributed by atoms with E-state index in [2.05, 4.69) is 10.2 Å². The second kappa shape index (κ2) is 8.87. The smallest absolute Gasteiger partial charge is 0.315 e. The Kier molecular flexibility index (Phi) is 6.52. The lowest BCUT2D eigenvalue weighted by molar-refractivity contribution is -0.147. The number of hydrogen-bond acceptors (Lipinski definition) is 6. The van der Waals surface area contributed by atoms with Crippen LogP contribution in [0, 0.1) is 5.92 Å². The fourth-order valence-corrected chi connectivity index (χ4v) is 4.66. The van der Waals surface area contributed by atoms with Gasteiger partial charge in [0.15, 0.2) is 6.29 Å². The number of likely N-dealkylation sites (tertiary alicyclic amines) is 2. The molecule has 0 bridgehead atoms. The number of nitrogens with zero attached hydrogens (tertiary/aromatic N) is 2. The minimum absolute atomic E-state index is 0.0587. The minimum Gasteiger partial charge on any atom is -0.465 e. The molecule has 2 unspecified atom stereocenters. The summed E-state index contributed by atoms with van der Waals surface area (Å²) in [5.41, 5.74) is 1.07. The van der Waals surface area contributed by atoms with E-state index in [1.807, 2.05) is 4.90 Å². The lowest BCUT2D eigenvalue weighted by Gasteiger charge is -2.30. The number of hydrogen-bond donors (Lipinski definition) is 1. The number of esters is 1. The average molecular weight is 377 g/mol. The summed E-state index contributed by atoms with van der Waals surface area (Å²) in [4.78, 5) is 41.1. The van der Waals surface area contributed by atoms with E-state index >= 15 is 0 Å². The van der Waals surface area contributed by atoms with E-state index in [0.717, 1.165) is 45.3 Å². The van der Waals surface area contributed by atoms with Crippen molar-refractivity contribution in [3.63, 3.8) is 0 Å². The van der Waals surface area contributed by atoms with Crippen LogP contribution >= 0.6 is 0 Å². The molecule has 27 heavy (non-hydrogen) atoms.